The van der Waals surface area contributed by atoms with Gasteiger partial charge in [0.15, 0.2) is 5.49 Å². The van der Waals surface area contributed by atoms with Gasteiger partial charge < -0.3 is 4.57 Å². The molecule has 0 aliphatic carbocycles. The van der Waals surface area contributed by atoms with Crippen LogP contribution in [-0.2, 0) is 11.8 Å². The third kappa shape index (κ3) is 3.31. The van der Waals surface area contributed by atoms with Crippen LogP contribution in [0.5, 0.6) is 0 Å². The first-order valence-corrected chi connectivity index (χ1v) is 6.54. The fourth-order valence-corrected chi connectivity index (χ4v) is 2.28. The van der Waals surface area contributed by atoms with Crippen molar-refractivity contribution in [1.82, 2.24) is 9.55 Å². The Labute approximate surface area is 107 Å². The molecule has 0 saturated heterocycles. The molecule has 0 N–H and O–H groups in total. The number of aldehydes is 1. The summed E-state index contributed by atoms with van der Waals surface area (Å²) in [5.41, 5.74) is 1.40. The van der Waals surface area contributed by atoms with E-state index in [1.165, 1.54) is 17.8 Å². The average molecular weight is 302 g/mol. The van der Waals surface area contributed by atoms with Crippen molar-refractivity contribution in [3.05, 3.63) is 28.1 Å². The number of thioether (sulfide) groups is 1. The Hall–Kier alpha value is -0.880. The summed E-state index contributed by atoms with van der Waals surface area (Å²) >= 11 is 4.84. The van der Waals surface area contributed by atoms with Gasteiger partial charge in [0, 0.05) is 18.9 Å². The Bertz CT molecular complexity index is 493. The van der Waals surface area contributed by atoms with Crippen LogP contribution in [0.2, 0.25) is 0 Å². The monoisotopic (exact) mass is 301 g/mol. The zero-order chi connectivity index (χ0) is 12.1. The molecule has 6 heteroatoms. The van der Waals surface area contributed by atoms with Crippen molar-refractivity contribution in [2.75, 3.05) is 6.26 Å². The Balaban J connectivity index is 3.42. The second-order valence-corrected chi connectivity index (χ2v) is 4.67. The van der Waals surface area contributed by atoms with Crippen LogP contribution in [0.3, 0.4) is 0 Å². The molecule has 0 aromatic carbocycles. The number of halogens is 1. The number of nitrogens with zero attached hydrogens (tertiary/aromatic N) is 3. The molecule has 4 nitrogen and oxygen atoms in total. The lowest BCUT2D eigenvalue weighted by molar-refractivity contribution is -0.104. The minimum atomic E-state index is 0.657. The van der Waals surface area contributed by atoms with Crippen molar-refractivity contribution in [2.45, 2.75) is 11.9 Å². The van der Waals surface area contributed by atoms with Crippen molar-refractivity contribution in [1.29, 1.82) is 0 Å². The highest BCUT2D eigenvalue weighted by Gasteiger charge is 2.02. The predicted octanol–water partition coefficient (Wildman–Crippen LogP) is 1.91. The molecule has 0 aliphatic heterocycles. The van der Waals surface area contributed by atoms with E-state index in [1.807, 2.05) is 24.1 Å². The summed E-state index contributed by atoms with van der Waals surface area (Å²) in [6, 6.07) is 0. The van der Waals surface area contributed by atoms with Gasteiger partial charge in [0.25, 0.3) is 0 Å². The molecule has 0 aliphatic rings. The molecule has 0 spiro atoms. The van der Waals surface area contributed by atoms with Gasteiger partial charge in [-0.1, -0.05) is 0 Å². The number of hydrogen-bond donors (Lipinski definition) is 0. The zero-order valence-corrected chi connectivity index (χ0v) is 11.7. The number of allylic oxidation sites excluding steroid dienone is 2. The molecule has 86 valence electrons. The molecule has 0 amide bonds. The maximum Gasteiger partial charge on any atom is 0.165 e. The lowest BCUT2D eigenvalue weighted by Gasteiger charge is -2.05. The van der Waals surface area contributed by atoms with E-state index < -0.39 is 0 Å². The Morgan fingerprint density at radius 2 is 2.38 bits per heavy atom. The maximum absolute atomic E-state index is 10.3. The number of rotatable bonds is 3. The molecule has 0 saturated carbocycles. The molecule has 0 fully saturated rings. The van der Waals surface area contributed by atoms with Gasteiger partial charge >= 0.3 is 0 Å². The van der Waals surface area contributed by atoms with Crippen LogP contribution < -0.4 is 5.49 Å². The minimum absolute atomic E-state index is 0.657. The number of aromatic nitrogens is 2. The Kier molecular flexibility index (Phi) is 4.95. The van der Waals surface area contributed by atoms with Gasteiger partial charge in [-0.15, -0.1) is 11.8 Å². The van der Waals surface area contributed by atoms with Crippen LogP contribution in [0.4, 0.5) is 0 Å². The van der Waals surface area contributed by atoms with Crippen LogP contribution in [0, 0.1) is 0 Å². The van der Waals surface area contributed by atoms with Crippen molar-refractivity contribution in [3.8, 4) is 0 Å². The summed E-state index contributed by atoms with van der Waals surface area (Å²) < 4.78 is 2.63. The quantitative estimate of drug-likeness (QED) is 0.487. The molecular weight excluding hydrogens is 290 g/mol. The second-order valence-electron chi connectivity index (χ2n) is 3.06. The van der Waals surface area contributed by atoms with Crippen molar-refractivity contribution < 1.29 is 4.79 Å². The summed E-state index contributed by atoms with van der Waals surface area (Å²) in [6.07, 6.45) is 5.91. The van der Waals surface area contributed by atoms with Gasteiger partial charge in [-0.05, 0) is 35.2 Å². The van der Waals surface area contributed by atoms with Gasteiger partial charge in [-0.2, -0.15) is 0 Å². The highest BCUT2D eigenvalue weighted by molar-refractivity contribution is 9.10. The molecule has 16 heavy (non-hydrogen) atoms. The fourth-order valence-electron chi connectivity index (χ4n) is 1.11. The maximum atomic E-state index is 10.3. The normalized spacial score (nSPS) is 13.0. The van der Waals surface area contributed by atoms with E-state index in [-0.39, 0.29) is 0 Å². The smallest absolute Gasteiger partial charge is 0.165 e. The number of hydrogen-bond acceptors (Lipinski definition) is 4. The predicted molar refractivity (Wildman–Crippen MR) is 68.1 cm³/mol. The summed E-state index contributed by atoms with van der Waals surface area (Å²) in [4.78, 5) is 19.0. The van der Waals surface area contributed by atoms with Crippen molar-refractivity contribution in [2.24, 2.45) is 12.0 Å². The summed E-state index contributed by atoms with van der Waals surface area (Å²) in [6.45, 7) is 1.78. The van der Waals surface area contributed by atoms with E-state index in [9.17, 15) is 4.79 Å². The number of carbonyl (C=O) groups is 1. The van der Waals surface area contributed by atoms with Crippen LogP contribution in [0.1, 0.15) is 6.92 Å². The standard InChI is InChI=1S/C10H12BrN3OS/c1-7(4-5-15)12-9-10(16-3)13-8(11)6-14(9)2/h4-6H,1-3H3/b7-4-,12-9?. The van der Waals surface area contributed by atoms with Gasteiger partial charge in [-0.3, -0.25) is 4.79 Å². The molecule has 0 bridgehead atoms. The van der Waals surface area contributed by atoms with Gasteiger partial charge in [0.2, 0.25) is 0 Å². The van der Waals surface area contributed by atoms with E-state index in [0.717, 1.165) is 21.4 Å². The first kappa shape index (κ1) is 13.2. The second kappa shape index (κ2) is 6.00. The van der Waals surface area contributed by atoms with Crippen LogP contribution >= 0.6 is 27.7 Å². The fraction of sp³-hybridized carbons (Fsp3) is 0.300. The van der Waals surface area contributed by atoms with Crippen molar-refractivity contribution in [3.63, 3.8) is 0 Å². The molecule has 1 rings (SSSR count). The zero-order valence-electron chi connectivity index (χ0n) is 9.27. The molecular formula is C10H12BrN3OS. The van der Waals surface area contributed by atoms with E-state index in [0.29, 0.717) is 5.70 Å². The molecule has 0 radical (unpaired) electrons. The lowest BCUT2D eigenvalue weighted by atomic mass is 10.5. The van der Waals surface area contributed by atoms with Gasteiger partial charge in [0.05, 0.1) is 0 Å². The SMILES string of the molecule is CSc1nc(Br)cn(C)c1=N/C(C)=C\C=O. The molecule has 0 unspecified atom stereocenters. The topological polar surface area (TPSA) is 47.2 Å². The largest absolute Gasteiger partial charge is 0.331 e. The first-order valence-electron chi connectivity index (χ1n) is 4.52. The lowest BCUT2D eigenvalue weighted by Crippen LogP contribution is -2.21. The molecule has 1 aromatic heterocycles. The van der Waals surface area contributed by atoms with E-state index in [1.54, 1.807) is 6.92 Å². The number of carbonyl (C=O) groups excluding carboxylic acids is 1. The van der Waals surface area contributed by atoms with Gasteiger partial charge in [-0.25, -0.2) is 9.98 Å². The van der Waals surface area contributed by atoms with E-state index in [2.05, 4.69) is 25.9 Å². The molecule has 1 heterocycles. The van der Waals surface area contributed by atoms with Crippen molar-refractivity contribution >= 4 is 34.0 Å². The van der Waals surface area contributed by atoms with Crippen LogP contribution in [0.15, 0.2) is 32.6 Å². The van der Waals surface area contributed by atoms with Crippen LogP contribution in [-0.4, -0.2) is 22.1 Å². The summed E-state index contributed by atoms with van der Waals surface area (Å²) in [5, 5.41) is 0.815. The summed E-state index contributed by atoms with van der Waals surface area (Å²) in [7, 11) is 1.89. The number of aryl methyl sites for hydroxylation is 1. The molecule has 1 aromatic rings. The highest BCUT2D eigenvalue weighted by Crippen LogP contribution is 2.10. The van der Waals surface area contributed by atoms with Gasteiger partial charge in [0.1, 0.15) is 15.9 Å². The first-order chi connectivity index (χ1) is 7.58. The highest BCUT2D eigenvalue weighted by atomic mass is 79.9. The average Bonchev–Trinajstić information content (AvgIpc) is 2.22. The summed E-state index contributed by atoms with van der Waals surface area (Å²) in [5.74, 6) is 0. The minimum Gasteiger partial charge on any atom is -0.331 e. The Morgan fingerprint density at radius 3 is 2.94 bits per heavy atom. The Morgan fingerprint density at radius 1 is 1.69 bits per heavy atom. The van der Waals surface area contributed by atoms with E-state index >= 15 is 0 Å². The van der Waals surface area contributed by atoms with Crippen LogP contribution in [0.25, 0.3) is 0 Å². The third-order valence-electron chi connectivity index (χ3n) is 1.82. The third-order valence-corrected chi connectivity index (χ3v) is 2.86. The van der Waals surface area contributed by atoms with E-state index in [4.69, 9.17) is 0 Å². The molecule has 0 atom stereocenters.